The lowest BCUT2D eigenvalue weighted by Crippen LogP contribution is -2.25. The van der Waals surface area contributed by atoms with E-state index in [9.17, 15) is 0 Å². The van der Waals surface area contributed by atoms with E-state index in [0.29, 0.717) is 6.04 Å². The maximum Gasteiger partial charge on any atom is 0.107 e. The van der Waals surface area contributed by atoms with Crippen LogP contribution in [0.4, 0.5) is 0 Å². The van der Waals surface area contributed by atoms with Gasteiger partial charge in [-0.1, -0.05) is 38.1 Å². The molecule has 0 unspecified atom stereocenters. The molecule has 2 aromatic rings. The number of imidazole rings is 1. The van der Waals surface area contributed by atoms with Gasteiger partial charge in [0.05, 0.1) is 11.9 Å². The molecule has 0 aliphatic heterocycles. The highest BCUT2D eigenvalue weighted by atomic mass is 14.9. The maximum absolute atomic E-state index is 4.43. The molecule has 0 saturated carbocycles. The fraction of sp³-hybridized carbons (Fsp3) is 0.400. The zero-order chi connectivity index (χ0) is 13.0. The molecule has 0 aliphatic carbocycles. The van der Waals surface area contributed by atoms with Crippen LogP contribution in [0.15, 0.2) is 30.5 Å². The molecule has 18 heavy (non-hydrogen) atoms. The highest BCUT2D eigenvalue weighted by molar-refractivity contribution is 5.62. The fourth-order valence-corrected chi connectivity index (χ4v) is 1.98. The standard InChI is InChI=1S/C15H21N3/c1-11(2)16-9-8-15-17-10-14(18-15)13-7-5-4-6-12(13)3/h4-7,10-11,16H,8-9H2,1-3H3,(H,17,18). The second kappa shape index (κ2) is 5.83. The van der Waals surface area contributed by atoms with Crippen molar-refractivity contribution < 1.29 is 0 Å². The minimum atomic E-state index is 0.524. The summed E-state index contributed by atoms with van der Waals surface area (Å²) in [5.74, 6) is 1.04. The number of nitrogens with one attached hydrogen (secondary N) is 2. The quantitative estimate of drug-likeness (QED) is 0.847. The third-order valence-electron chi connectivity index (χ3n) is 2.98. The van der Waals surface area contributed by atoms with E-state index >= 15 is 0 Å². The lowest BCUT2D eigenvalue weighted by Gasteiger charge is -2.06. The lowest BCUT2D eigenvalue weighted by molar-refractivity contribution is 0.584. The Bertz CT molecular complexity index is 500. The molecule has 3 heteroatoms. The van der Waals surface area contributed by atoms with E-state index in [1.54, 1.807) is 0 Å². The molecule has 0 fully saturated rings. The molecular formula is C15H21N3. The van der Waals surface area contributed by atoms with E-state index in [1.807, 2.05) is 6.20 Å². The number of nitrogens with zero attached hydrogens (tertiary/aromatic N) is 1. The van der Waals surface area contributed by atoms with E-state index < -0.39 is 0 Å². The van der Waals surface area contributed by atoms with Crippen LogP contribution in [0.2, 0.25) is 0 Å². The van der Waals surface area contributed by atoms with E-state index in [-0.39, 0.29) is 0 Å². The van der Waals surface area contributed by atoms with Crippen LogP contribution in [0.25, 0.3) is 11.3 Å². The zero-order valence-electron chi connectivity index (χ0n) is 11.3. The van der Waals surface area contributed by atoms with Gasteiger partial charge < -0.3 is 10.3 Å². The van der Waals surface area contributed by atoms with Crippen molar-refractivity contribution in [2.24, 2.45) is 0 Å². The summed E-state index contributed by atoms with van der Waals surface area (Å²) in [4.78, 5) is 7.83. The highest BCUT2D eigenvalue weighted by Gasteiger charge is 2.05. The van der Waals surface area contributed by atoms with Crippen LogP contribution in [0.5, 0.6) is 0 Å². The summed E-state index contributed by atoms with van der Waals surface area (Å²) in [6.07, 6.45) is 2.86. The molecule has 1 aromatic heterocycles. The molecule has 0 radical (unpaired) electrons. The first kappa shape index (κ1) is 12.8. The molecule has 2 N–H and O–H groups in total. The summed E-state index contributed by atoms with van der Waals surface area (Å²) < 4.78 is 0. The lowest BCUT2D eigenvalue weighted by atomic mass is 10.1. The van der Waals surface area contributed by atoms with Gasteiger partial charge in [-0.25, -0.2) is 4.98 Å². The number of hydrogen-bond acceptors (Lipinski definition) is 2. The van der Waals surface area contributed by atoms with Crippen LogP contribution in [-0.4, -0.2) is 22.6 Å². The Morgan fingerprint density at radius 2 is 2.06 bits per heavy atom. The SMILES string of the molecule is Cc1ccccc1-c1cnc(CCNC(C)C)[nH]1. The number of aromatic nitrogens is 2. The van der Waals surface area contributed by atoms with Crippen molar-refractivity contribution in [3.8, 4) is 11.3 Å². The largest absolute Gasteiger partial charge is 0.342 e. The van der Waals surface area contributed by atoms with Crippen molar-refractivity contribution >= 4 is 0 Å². The van der Waals surface area contributed by atoms with Crippen molar-refractivity contribution in [3.63, 3.8) is 0 Å². The molecular weight excluding hydrogens is 222 g/mol. The van der Waals surface area contributed by atoms with Gasteiger partial charge in [-0.2, -0.15) is 0 Å². The third kappa shape index (κ3) is 3.20. The second-order valence-electron chi connectivity index (χ2n) is 4.92. The molecule has 0 aliphatic rings. The summed E-state index contributed by atoms with van der Waals surface area (Å²) >= 11 is 0. The number of aryl methyl sites for hydroxylation is 1. The van der Waals surface area contributed by atoms with E-state index in [0.717, 1.165) is 24.5 Å². The van der Waals surface area contributed by atoms with Crippen LogP contribution in [0.1, 0.15) is 25.2 Å². The first-order chi connectivity index (χ1) is 8.66. The Labute approximate surface area is 109 Å². The fourth-order valence-electron chi connectivity index (χ4n) is 1.98. The summed E-state index contributed by atoms with van der Waals surface area (Å²) in [6.45, 7) is 7.39. The third-order valence-corrected chi connectivity index (χ3v) is 2.98. The first-order valence-electron chi connectivity index (χ1n) is 6.50. The Morgan fingerprint density at radius 3 is 2.78 bits per heavy atom. The number of H-pyrrole nitrogens is 1. The van der Waals surface area contributed by atoms with Gasteiger partial charge in [0.15, 0.2) is 0 Å². The van der Waals surface area contributed by atoms with Crippen molar-refractivity contribution in [1.82, 2.24) is 15.3 Å². The van der Waals surface area contributed by atoms with Crippen molar-refractivity contribution in [3.05, 3.63) is 41.9 Å². The average Bonchev–Trinajstić information content (AvgIpc) is 2.78. The number of hydrogen-bond donors (Lipinski definition) is 2. The van der Waals surface area contributed by atoms with Gasteiger partial charge in [0.25, 0.3) is 0 Å². The van der Waals surface area contributed by atoms with Crippen LogP contribution in [0, 0.1) is 6.92 Å². The molecule has 0 saturated heterocycles. The summed E-state index contributed by atoms with van der Waals surface area (Å²) in [5, 5.41) is 3.39. The number of rotatable bonds is 5. The van der Waals surface area contributed by atoms with Crippen LogP contribution >= 0.6 is 0 Å². The summed E-state index contributed by atoms with van der Waals surface area (Å²) in [5.41, 5.74) is 3.61. The molecule has 96 valence electrons. The predicted octanol–water partition coefficient (Wildman–Crippen LogP) is 2.93. The average molecular weight is 243 g/mol. The summed E-state index contributed by atoms with van der Waals surface area (Å²) in [6, 6.07) is 8.89. The van der Waals surface area contributed by atoms with Gasteiger partial charge in [-0.3, -0.25) is 0 Å². The minimum Gasteiger partial charge on any atom is -0.342 e. The van der Waals surface area contributed by atoms with E-state index in [2.05, 4.69) is 60.3 Å². The van der Waals surface area contributed by atoms with Gasteiger partial charge >= 0.3 is 0 Å². The van der Waals surface area contributed by atoms with E-state index in [1.165, 1.54) is 11.1 Å². The summed E-state index contributed by atoms with van der Waals surface area (Å²) in [7, 11) is 0. The topological polar surface area (TPSA) is 40.7 Å². The van der Waals surface area contributed by atoms with Gasteiger partial charge in [0.1, 0.15) is 5.82 Å². The Balaban J connectivity index is 2.04. The van der Waals surface area contributed by atoms with Gasteiger partial charge in [0.2, 0.25) is 0 Å². The Hall–Kier alpha value is -1.61. The molecule has 0 spiro atoms. The Kier molecular flexibility index (Phi) is 4.15. The van der Waals surface area contributed by atoms with Crippen molar-refractivity contribution in [2.75, 3.05) is 6.54 Å². The smallest absolute Gasteiger partial charge is 0.107 e. The molecule has 3 nitrogen and oxygen atoms in total. The molecule has 1 aromatic carbocycles. The molecule has 0 amide bonds. The van der Waals surface area contributed by atoms with Gasteiger partial charge in [0, 0.05) is 24.6 Å². The molecule has 0 atom stereocenters. The second-order valence-corrected chi connectivity index (χ2v) is 4.92. The zero-order valence-corrected chi connectivity index (χ0v) is 11.3. The monoisotopic (exact) mass is 243 g/mol. The highest BCUT2D eigenvalue weighted by Crippen LogP contribution is 2.20. The minimum absolute atomic E-state index is 0.524. The first-order valence-corrected chi connectivity index (χ1v) is 6.50. The van der Waals surface area contributed by atoms with Crippen LogP contribution in [-0.2, 0) is 6.42 Å². The molecule has 0 bridgehead atoms. The maximum atomic E-state index is 4.43. The van der Waals surface area contributed by atoms with Crippen LogP contribution < -0.4 is 5.32 Å². The van der Waals surface area contributed by atoms with Crippen molar-refractivity contribution in [2.45, 2.75) is 33.2 Å². The number of aromatic amines is 1. The molecule has 2 rings (SSSR count). The van der Waals surface area contributed by atoms with Gasteiger partial charge in [-0.15, -0.1) is 0 Å². The number of benzene rings is 1. The normalized spacial score (nSPS) is 11.1. The van der Waals surface area contributed by atoms with Crippen molar-refractivity contribution in [1.29, 1.82) is 0 Å². The van der Waals surface area contributed by atoms with E-state index in [4.69, 9.17) is 0 Å². The molecule has 1 heterocycles. The Morgan fingerprint density at radius 1 is 1.28 bits per heavy atom. The van der Waals surface area contributed by atoms with Gasteiger partial charge in [-0.05, 0) is 12.5 Å². The predicted molar refractivity (Wildman–Crippen MR) is 75.6 cm³/mol. The van der Waals surface area contributed by atoms with Crippen LogP contribution in [0.3, 0.4) is 0 Å².